The molecule has 1 aromatic rings. The van der Waals surface area contributed by atoms with Crippen molar-refractivity contribution in [3.8, 4) is 5.75 Å². The van der Waals surface area contributed by atoms with Gasteiger partial charge >= 0.3 is 0 Å². The third kappa shape index (κ3) is 5.00. The van der Waals surface area contributed by atoms with E-state index in [9.17, 15) is 4.79 Å². The number of rotatable bonds is 7. The van der Waals surface area contributed by atoms with Crippen LogP contribution in [0.25, 0.3) is 0 Å². The van der Waals surface area contributed by atoms with E-state index in [1.54, 1.807) is 0 Å². The summed E-state index contributed by atoms with van der Waals surface area (Å²) in [4.78, 5) is 11.8. The van der Waals surface area contributed by atoms with E-state index in [1.165, 1.54) is 0 Å². The molecule has 0 fully saturated rings. The third-order valence-electron chi connectivity index (χ3n) is 2.33. The van der Waals surface area contributed by atoms with Gasteiger partial charge in [-0.3, -0.25) is 4.79 Å². The summed E-state index contributed by atoms with van der Waals surface area (Å²) in [5.74, 6) is 0.977. The van der Waals surface area contributed by atoms with Gasteiger partial charge in [0.2, 0.25) is 0 Å². The van der Waals surface area contributed by atoms with E-state index in [-0.39, 0.29) is 11.9 Å². The minimum absolute atomic E-state index is 0.158. The van der Waals surface area contributed by atoms with Crippen molar-refractivity contribution in [3.63, 3.8) is 0 Å². The number of ether oxygens (including phenoxy) is 1. The molecule has 0 aliphatic rings. The monoisotopic (exact) mass is 235 g/mol. The molecule has 0 aliphatic heterocycles. The van der Waals surface area contributed by atoms with Gasteiger partial charge in [-0.1, -0.05) is 6.92 Å². The van der Waals surface area contributed by atoms with Crippen molar-refractivity contribution in [2.75, 3.05) is 13.1 Å². The van der Waals surface area contributed by atoms with Crippen LogP contribution in [-0.2, 0) is 0 Å². The Bertz CT molecular complexity index is 344. The zero-order chi connectivity index (χ0) is 12.7. The summed E-state index contributed by atoms with van der Waals surface area (Å²) >= 11 is 0. The van der Waals surface area contributed by atoms with Crippen LogP contribution < -0.4 is 10.1 Å². The fourth-order valence-electron chi connectivity index (χ4n) is 1.51. The summed E-state index contributed by atoms with van der Waals surface area (Å²) in [5, 5.41) is 3.14. The highest BCUT2D eigenvalue weighted by Gasteiger charge is 2.05. The van der Waals surface area contributed by atoms with Crippen molar-refractivity contribution in [3.05, 3.63) is 29.8 Å². The highest BCUT2D eigenvalue weighted by molar-refractivity contribution is 5.96. The lowest BCUT2D eigenvalue weighted by molar-refractivity contribution is 0.0983. The molecule has 0 spiro atoms. The zero-order valence-electron chi connectivity index (χ0n) is 10.8. The van der Waals surface area contributed by atoms with Crippen LogP contribution in [0.2, 0.25) is 0 Å². The van der Waals surface area contributed by atoms with Gasteiger partial charge in [-0.2, -0.15) is 0 Å². The highest BCUT2D eigenvalue weighted by atomic mass is 16.5. The average molecular weight is 235 g/mol. The number of benzene rings is 1. The van der Waals surface area contributed by atoms with E-state index >= 15 is 0 Å². The van der Waals surface area contributed by atoms with Crippen LogP contribution >= 0.6 is 0 Å². The van der Waals surface area contributed by atoms with E-state index in [2.05, 4.69) is 5.32 Å². The molecule has 0 saturated carbocycles. The third-order valence-corrected chi connectivity index (χ3v) is 2.33. The van der Waals surface area contributed by atoms with E-state index in [0.717, 1.165) is 24.4 Å². The van der Waals surface area contributed by atoms with Crippen LogP contribution in [-0.4, -0.2) is 25.0 Å². The fourth-order valence-corrected chi connectivity index (χ4v) is 1.51. The van der Waals surface area contributed by atoms with Gasteiger partial charge in [-0.15, -0.1) is 0 Å². The van der Waals surface area contributed by atoms with Crippen molar-refractivity contribution in [2.24, 2.45) is 0 Å². The molecule has 17 heavy (non-hydrogen) atoms. The average Bonchev–Trinajstić information content (AvgIpc) is 2.29. The number of nitrogens with one attached hydrogen (secondary N) is 1. The molecule has 0 unspecified atom stereocenters. The zero-order valence-corrected chi connectivity index (χ0v) is 10.8. The van der Waals surface area contributed by atoms with E-state index in [1.807, 2.05) is 45.0 Å². The SMILES string of the molecule is CCNCCC(=O)c1ccc(OC(C)C)cc1. The normalized spacial score (nSPS) is 10.6. The molecule has 1 N–H and O–H groups in total. The minimum Gasteiger partial charge on any atom is -0.491 e. The molecule has 0 atom stereocenters. The van der Waals surface area contributed by atoms with Gasteiger partial charge in [0.25, 0.3) is 0 Å². The first-order chi connectivity index (χ1) is 8.13. The van der Waals surface area contributed by atoms with Gasteiger partial charge in [-0.05, 0) is 44.7 Å². The highest BCUT2D eigenvalue weighted by Crippen LogP contribution is 2.14. The van der Waals surface area contributed by atoms with Crippen LogP contribution in [0.4, 0.5) is 0 Å². The first-order valence-electron chi connectivity index (χ1n) is 6.14. The van der Waals surface area contributed by atoms with Crippen LogP contribution in [0.5, 0.6) is 5.75 Å². The van der Waals surface area contributed by atoms with Crippen molar-refractivity contribution >= 4 is 5.78 Å². The maximum atomic E-state index is 11.8. The first-order valence-corrected chi connectivity index (χ1v) is 6.14. The number of hydrogen-bond acceptors (Lipinski definition) is 3. The van der Waals surface area contributed by atoms with Gasteiger partial charge < -0.3 is 10.1 Å². The van der Waals surface area contributed by atoms with Gasteiger partial charge in [0.15, 0.2) is 5.78 Å². The second kappa shape index (κ2) is 7.07. The van der Waals surface area contributed by atoms with Crippen LogP contribution in [0.1, 0.15) is 37.6 Å². The molecule has 0 radical (unpaired) electrons. The van der Waals surface area contributed by atoms with Gasteiger partial charge in [0.1, 0.15) is 5.75 Å². The lowest BCUT2D eigenvalue weighted by Gasteiger charge is -2.09. The van der Waals surface area contributed by atoms with Crippen molar-refractivity contribution in [2.45, 2.75) is 33.3 Å². The lowest BCUT2D eigenvalue weighted by atomic mass is 10.1. The lowest BCUT2D eigenvalue weighted by Crippen LogP contribution is -2.17. The Labute approximate surface area is 103 Å². The standard InChI is InChI=1S/C14H21NO2/c1-4-15-10-9-14(16)12-5-7-13(8-6-12)17-11(2)3/h5-8,11,15H,4,9-10H2,1-3H3. The number of carbonyl (C=O) groups is 1. The molecule has 0 heterocycles. The molecule has 94 valence electrons. The summed E-state index contributed by atoms with van der Waals surface area (Å²) in [6.45, 7) is 7.63. The van der Waals surface area contributed by atoms with E-state index in [0.29, 0.717) is 6.42 Å². The Kier molecular flexibility index (Phi) is 5.70. The minimum atomic E-state index is 0.158. The molecule has 1 aromatic carbocycles. The molecule has 1 rings (SSSR count). The maximum Gasteiger partial charge on any atom is 0.164 e. The Morgan fingerprint density at radius 1 is 1.29 bits per heavy atom. The molecule has 0 aromatic heterocycles. The van der Waals surface area contributed by atoms with Crippen LogP contribution in [0, 0.1) is 0 Å². The molecule has 0 amide bonds. The molecule has 0 aliphatic carbocycles. The topological polar surface area (TPSA) is 38.3 Å². The predicted molar refractivity (Wildman–Crippen MR) is 69.7 cm³/mol. The van der Waals surface area contributed by atoms with Gasteiger partial charge in [0.05, 0.1) is 6.10 Å². The predicted octanol–water partition coefficient (Wildman–Crippen LogP) is 2.66. The Balaban J connectivity index is 2.52. The molecular formula is C14H21NO2. The maximum absolute atomic E-state index is 11.8. The summed E-state index contributed by atoms with van der Waals surface area (Å²) in [7, 11) is 0. The van der Waals surface area contributed by atoms with Crippen LogP contribution in [0.3, 0.4) is 0 Å². The number of hydrogen-bond donors (Lipinski definition) is 1. The quantitative estimate of drug-likeness (QED) is 0.583. The molecule has 0 saturated heterocycles. The molecule has 0 bridgehead atoms. The fraction of sp³-hybridized carbons (Fsp3) is 0.500. The Hall–Kier alpha value is -1.35. The molecular weight excluding hydrogens is 214 g/mol. The number of ketones is 1. The second-order valence-corrected chi connectivity index (χ2v) is 4.22. The van der Waals surface area contributed by atoms with Gasteiger partial charge in [0, 0.05) is 18.5 Å². The van der Waals surface area contributed by atoms with Crippen molar-refractivity contribution in [1.29, 1.82) is 0 Å². The van der Waals surface area contributed by atoms with E-state index < -0.39 is 0 Å². The van der Waals surface area contributed by atoms with Gasteiger partial charge in [-0.25, -0.2) is 0 Å². The molecule has 3 nitrogen and oxygen atoms in total. The number of carbonyl (C=O) groups excluding carboxylic acids is 1. The van der Waals surface area contributed by atoms with Crippen LogP contribution in [0.15, 0.2) is 24.3 Å². The van der Waals surface area contributed by atoms with Crippen molar-refractivity contribution < 1.29 is 9.53 Å². The smallest absolute Gasteiger partial charge is 0.164 e. The van der Waals surface area contributed by atoms with Crippen molar-refractivity contribution in [1.82, 2.24) is 5.32 Å². The number of Topliss-reactive ketones (excluding diaryl/α,β-unsaturated/α-hetero) is 1. The Morgan fingerprint density at radius 3 is 2.47 bits per heavy atom. The Morgan fingerprint density at radius 2 is 1.94 bits per heavy atom. The summed E-state index contributed by atoms with van der Waals surface area (Å²) < 4.78 is 5.52. The second-order valence-electron chi connectivity index (χ2n) is 4.22. The summed E-state index contributed by atoms with van der Waals surface area (Å²) in [6, 6.07) is 7.35. The summed E-state index contributed by atoms with van der Waals surface area (Å²) in [6.07, 6.45) is 0.698. The largest absolute Gasteiger partial charge is 0.491 e. The van der Waals surface area contributed by atoms with E-state index in [4.69, 9.17) is 4.74 Å². The first kappa shape index (κ1) is 13.7. The summed E-state index contributed by atoms with van der Waals surface area (Å²) in [5.41, 5.74) is 0.749. The molecule has 3 heteroatoms.